The van der Waals surface area contributed by atoms with Crippen molar-refractivity contribution in [3.63, 3.8) is 0 Å². The van der Waals surface area contributed by atoms with E-state index in [1.165, 1.54) is 18.2 Å². The Hall–Kier alpha value is -0.960. The van der Waals surface area contributed by atoms with Crippen LogP contribution in [0.15, 0.2) is 32.3 Å². The largest absolute Gasteiger partial charge is 0.486 e. The Morgan fingerprint density at radius 2 is 1.86 bits per heavy atom. The van der Waals surface area contributed by atoms with Gasteiger partial charge in [0.05, 0.1) is 14.5 Å². The minimum absolute atomic E-state index is 0.195. The number of anilines is 1. The Bertz CT molecular complexity index is 791. The Morgan fingerprint density at radius 1 is 1.19 bits per heavy atom. The molecule has 0 amide bonds. The molecule has 0 spiro atoms. The molecule has 0 aliphatic carbocycles. The van der Waals surface area contributed by atoms with Crippen molar-refractivity contribution in [3.05, 3.63) is 33.1 Å². The van der Waals surface area contributed by atoms with E-state index in [4.69, 9.17) is 21.1 Å². The fraction of sp³-hybridized carbons (Fsp3) is 0.167. The molecule has 1 aromatic carbocycles. The number of thiophene rings is 1. The number of benzene rings is 1. The van der Waals surface area contributed by atoms with Gasteiger partial charge in [0, 0.05) is 12.1 Å². The summed E-state index contributed by atoms with van der Waals surface area (Å²) in [5.74, 6) is 0.976. The van der Waals surface area contributed by atoms with Crippen molar-refractivity contribution in [1.29, 1.82) is 0 Å². The van der Waals surface area contributed by atoms with Crippen LogP contribution < -0.4 is 14.2 Å². The van der Waals surface area contributed by atoms with Crippen LogP contribution in [-0.4, -0.2) is 21.6 Å². The summed E-state index contributed by atoms with van der Waals surface area (Å²) in [7, 11) is -3.68. The van der Waals surface area contributed by atoms with E-state index >= 15 is 0 Å². The van der Waals surface area contributed by atoms with Gasteiger partial charge in [-0.25, -0.2) is 8.42 Å². The van der Waals surface area contributed by atoms with Gasteiger partial charge in [-0.3, -0.25) is 4.72 Å². The molecule has 3 rings (SSSR count). The number of hydrogen-bond acceptors (Lipinski definition) is 5. The predicted molar refractivity (Wildman–Crippen MR) is 85.3 cm³/mol. The summed E-state index contributed by atoms with van der Waals surface area (Å²) < 4.78 is 38.8. The highest BCUT2D eigenvalue weighted by molar-refractivity contribution is 9.11. The number of ether oxygens (including phenoxy) is 2. The third-order valence-corrected chi connectivity index (χ3v) is 6.48. The van der Waals surface area contributed by atoms with Crippen LogP contribution in [-0.2, 0) is 10.0 Å². The third kappa shape index (κ3) is 3.13. The lowest BCUT2D eigenvalue weighted by Gasteiger charge is -2.20. The first-order valence-corrected chi connectivity index (χ1v) is 9.30. The molecule has 0 bridgehead atoms. The standard InChI is InChI=1S/C12H9BrClNO4S2/c13-11-1-2-12(20-11)21(16,17)15-8-6-10-9(5-7(8)14)18-3-4-19-10/h1-2,5-6,15H,3-4H2. The second kappa shape index (κ2) is 5.68. The van der Waals surface area contributed by atoms with Crippen LogP contribution in [0.3, 0.4) is 0 Å². The summed E-state index contributed by atoms with van der Waals surface area (Å²) in [5, 5.41) is 0.249. The van der Waals surface area contributed by atoms with Crippen molar-refractivity contribution in [2.24, 2.45) is 0 Å². The molecule has 0 unspecified atom stereocenters. The lowest BCUT2D eigenvalue weighted by Crippen LogP contribution is -2.16. The predicted octanol–water partition coefficient (Wildman–Crippen LogP) is 3.74. The third-order valence-electron chi connectivity index (χ3n) is 2.69. The highest BCUT2D eigenvalue weighted by Crippen LogP contribution is 2.39. The smallest absolute Gasteiger partial charge is 0.271 e. The first-order valence-electron chi connectivity index (χ1n) is 5.83. The lowest BCUT2D eigenvalue weighted by atomic mass is 10.2. The molecule has 21 heavy (non-hydrogen) atoms. The number of rotatable bonds is 3. The van der Waals surface area contributed by atoms with Gasteiger partial charge in [-0.05, 0) is 28.1 Å². The van der Waals surface area contributed by atoms with Gasteiger partial charge in [-0.2, -0.15) is 0 Å². The molecule has 9 heteroatoms. The molecule has 2 aromatic rings. The van der Waals surface area contributed by atoms with Crippen LogP contribution in [0.1, 0.15) is 0 Å². The first-order chi connectivity index (χ1) is 9.95. The Kier molecular flexibility index (Phi) is 4.04. The van der Waals surface area contributed by atoms with Crippen LogP contribution >= 0.6 is 38.9 Å². The number of sulfonamides is 1. The van der Waals surface area contributed by atoms with E-state index in [-0.39, 0.29) is 14.9 Å². The van der Waals surface area contributed by atoms with E-state index in [0.717, 1.165) is 15.1 Å². The fourth-order valence-corrected chi connectivity index (χ4v) is 5.12. The summed E-state index contributed by atoms with van der Waals surface area (Å²) in [6, 6.07) is 6.25. The molecular weight excluding hydrogens is 402 g/mol. The summed E-state index contributed by atoms with van der Waals surface area (Å²) in [5.41, 5.74) is 0.255. The molecule has 2 heterocycles. The van der Waals surface area contributed by atoms with Crippen molar-refractivity contribution < 1.29 is 17.9 Å². The Labute approximate surface area is 139 Å². The van der Waals surface area contributed by atoms with Gasteiger partial charge in [0.25, 0.3) is 10.0 Å². The van der Waals surface area contributed by atoms with Gasteiger partial charge in [-0.1, -0.05) is 11.6 Å². The van der Waals surface area contributed by atoms with Crippen LogP contribution in [0.25, 0.3) is 0 Å². The average molecular weight is 411 g/mol. The fourth-order valence-electron chi connectivity index (χ4n) is 1.78. The number of fused-ring (bicyclic) bond motifs is 1. The number of hydrogen-bond donors (Lipinski definition) is 1. The average Bonchev–Trinajstić information content (AvgIpc) is 2.87. The van der Waals surface area contributed by atoms with Gasteiger partial charge in [0.15, 0.2) is 11.5 Å². The monoisotopic (exact) mass is 409 g/mol. The van der Waals surface area contributed by atoms with E-state index < -0.39 is 10.0 Å². The molecule has 0 radical (unpaired) electrons. The molecule has 0 atom stereocenters. The highest BCUT2D eigenvalue weighted by Gasteiger charge is 2.21. The van der Waals surface area contributed by atoms with Gasteiger partial charge >= 0.3 is 0 Å². The normalized spacial score (nSPS) is 14.0. The number of nitrogens with one attached hydrogen (secondary N) is 1. The maximum Gasteiger partial charge on any atom is 0.271 e. The minimum atomic E-state index is -3.68. The van der Waals surface area contributed by atoms with Gasteiger partial charge in [-0.15, -0.1) is 11.3 Å². The van der Waals surface area contributed by atoms with Crippen LogP contribution in [0.4, 0.5) is 5.69 Å². The number of halogens is 2. The van der Waals surface area contributed by atoms with Gasteiger partial charge < -0.3 is 9.47 Å². The molecule has 0 fully saturated rings. The summed E-state index contributed by atoms with van der Waals surface area (Å²) in [6.45, 7) is 0.857. The summed E-state index contributed by atoms with van der Waals surface area (Å²) in [4.78, 5) is 0. The molecule has 1 aliphatic heterocycles. The SMILES string of the molecule is O=S(=O)(Nc1cc2c(cc1Cl)OCCO2)c1ccc(Br)s1. The van der Waals surface area contributed by atoms with Crippen LogP contribution in [0.5, 0.6) is 11.5 Å². The van der Waals surface area contributed by atoms with Crippen molar-refractivity contribution in [3.8, 4) is 11.5 Å². The van der Waals surface area contributed by atoms with Crippen LogP contribution in [0.2, 0.25) is 5.02 Å². The Morgan fingerprint density at radius 3 is 2.48 bits per heavy atom. The van der Waals surface area contributed by atoms with E-state index in [0.29, 0.717) is 24.7 Å². The maximum absolute atomic E-state index is 12.3. The maximum atomic E-state index is 12.3. The quantitative estimate of drug-likeness (QED) is 0.837. The van der Waals surface area contributed by atoms with Crippen molar-refractivity contribution in [1.82, 2.24) is 0 Å². The molecular formula is C12H9BrClNO4S2. The molecule has 1 aromatic heterocycles. The molecule has 1 N–H and O–H groups in total. The van der Waals surface area contributed by atoms with Crippen molar-refractivity contribution >= 4 is 54.6 Å². The molecule has 0 saturated carbocycles. The topological polar surface area (TPSA) is 64.6 Å². The molecule has 112 valence electrons. The second-order valence-electron chi connectivity index (χ2n) is 4.14. The zero-order valence-corrected chi connectivity index (χ0v) is 14.4. The van der Waals surface area contributed by atoms with Gasteiger partial charge in [0.1, 0.15) is 17.4 Å². The zero-order valence-electron chi connectivity index (χ0n) is 10.4. The van der Waals surface area contributed by atoms with E-state index in [2.05, 4.69) is 20.7 Å². The van der Waals surface area contributed by atoms with Crippen molar-refractivity contribution in [2.45, 2.75) is 4.21 Å². The first kappa shape index (κ1) is 15.0. The van der Waals surface area contributed by atoms with Crippen molar-refractivity contribution in [2.75, 3.05) is 17.9 Å². The van der Waals surface area contributed by atoms with E-state index in [9.17, 15) is 8.42 Å². The van der Waals surface area contributed by atoms with Crippen LogP contribution in [0, 0.1) is 0 Å². The highest BCUT2D eigenvalue weighted by atomic mass is 79.9. The second-order valence-corrected chi connectivity index (χ2v) is 8.92. The minimum Gasteiger partial charge on any atom is -0.486 e. The summed E-state index contributed by atoms with van der Waals surface area (Å²) >= 11 is 10.4. The summed E-state index contributed by atoms with van der Waals surface area (Å²) in [6.07, 6.45) is 0. The lowest BCUT2D eigenvalue weighted by molar-refractivity contribution is 0.171. The molecule has 1 aliphatic rings. The van der Waals surface area contributed by atoms with E-state index in [1.807, 2.05) is 0 Å². The van der Waals surface area contributed by atoms with Gasteiger partial charge in [0.2, 0.25) is 0 Å². The van der Waals surface area contributed by atoms with E-state index in [1.54, 1.807) is 6.07 Å². The Balaban J connectivity index is 1.94. The molecule has 5 nitrogen and oxygen atoms in total. The molecule has 0 saturated heterocycles. The zero-order chi connectivity index (χ0) is 15.0.